The van der Waals surface area contributed by atoms with E-state index in [1.807, 2.05) is 0 Å². The monoisotopic (exact) mass is 312 g/mol. The standard InChI is InChI=1S/C17H28O5/c1-8-10-17(11-9-12-18,13(19)21-15(2,3)4)14(20)22-16(5,6)7/h1,18H,9-12H2,2-7H3. The zero-order valence-electron chi connectivity index (χ0n) is 14.5. The van der Waals surface area contributed by atoms with Crippen LogP contribution in [0.3, 0.4) is 0 Å². The minimum absolute atomic E-state index is 0.0809. The van der Waals surface area contributed by atoms with E-state index in [1.54, 1.807) is 41.5 Å². The topological polar surface area (TPSA) is 72.8 Å². The second-order valence-electron chi connectivity index (χ2n) is 7.29. The minimum atomic E-state index is -1.59. The summed E-state index contributed by atoms with van der Waals surface area (Å²) in [6.45, 7) is 10.1. The number of aliphatic hydroxyl groups is 1. The third kappa shape index (κ3) is 6.48. The van der Waals surface area contributed by atoms with Gasteiger partial charge in [0.2, 0.25) is 0 Å². The first-order valence-corrected chi connectivity index (χ1v) is 7.39. The molecule has 0 aliphatic carbocycles. The number of carbonyl (C=O) groups is 2. The first-order chi connectivity index (χ1) is 9.88. The molecule has 0 saturated heterocycles. The van der Waals surface area contributed by atoms with Gasteiger partial charge in [-0.15, -0.1) is 12.3 Å². The zero-order chi connectivity index (χ0) is 17.6. The molecule has 0 atom stereocenters. The quantitative estimate of drug-likeness (QED) is 0.463. The third-order valence-corrected chi connectivity index (χ3v) is 2.74. The van der Waals surface area contributed by atoms with Crippen LogP contribution in [0.5, 0.6) is 0 Å². The molecule has 1 N–H and O–H groups in total. The molecular formula is C17H28O5. The zero-order valence-corrected chi connectivity index (χ0v) is 14.5. The predicted octanol–water partition coefficient (Wildman–Crippen LogP) is 2.45. The number of terminal acetylenes is 1. The first-order valence-electron chi connectivity index (χ1n) is 7.39. The van der Waals surface area contributed by atoms with E-state index < -0.39 is 28.6 Å². The molecule has 22 heavy (non-hydrogen) atoms. The van der Waals surface area contributed by atoms with E-state index in [1.165, 1.54) is 0 Å². The average Bonchev–Trinajstić information content (AvgIpc) is 2.29. The molecule has 0 heterocycles. The average molecular weight is 312 g/mol. The molecule has 0 aliphatic rings. The molecule has 0 aromatic rings. The van der Waals surface area contributed by atoms with Gasteiger partial charge in [0.15, 0.2) is 5.41 Å². The van der Waals surface area contributed by atoms with E-state index in [0.29, 0.717) is 0 Å². The normalized spacial score (nSPS) is 12.5. The highest BCUT2D eigenvalue weighted by Crippen LogP contribution is 2.34. The lowest BCUT2D eigenvalue weighted by atomic mass is 9.79. The van der Waals surface area contributed by atoms with E-state index in [0.717, 1.165) is 0 Å². The summed E-state index contributed by atoms with van der Waals surface area (Å²) in [5.74, 6) is 0.952. The minimum Gasteiger partial charge on any atom is -0.459 e. The van der Waals surface area contributed by atoms with Gasteiger partial charge in [-0.1, -0.05) is 0 Å². The predicted molar refractivity (Wildman–Crippen MR) is 83.9 cm³/mol. The largest absolute Gasteiger partial charge is 0.459 e. The lowest BCUT2D eigenvalue weighted by Crippen LogP contribution is -2.46. The van der Waals surface area contributed by atoms with Crippen LogP contribution in [0.1, 0.15) is 60.8 Å². The summed E-state index contributed by atoms with van der Waals surface area (Å²) in [5.41, 5.74) is -3.09. The molecule has 0 aromatic heterocycles. The van der Waals surface area contributed by atoms with Crippen LogP contribution in [0.4, 0.5) is 0 Å². The summed E-state index contributed by atoms with van der Waals surface area (Å²) in [5, 5.41) is 9.07. The maximum absolute atomic E-state index is 12.6. The van der Waals surface area contributed by atoms with Crippen LogP contribution in [0, 0.1) is 17.8 Å². The van der Waals surface area contributed by atoms with Crippen LogP contribution in [0.15, 0.2) is 0 Å². The SMILES string of the molecule is C#CCC(CCCO)(C(=O)OC(C)(C)C)C(=O)OC(C)(C)C. The fourth-order valence-electron chi connectivity index (χ4n) is 1.83. The number of hydrogen-bond donors (Lipinski definition) is 1. The van der Waals surface area contributed by atoms with Crippen molar-refractivity contribution >= 4 is 11.9 Å². The molecule has 0 fully saturated rings. The van der Waals surface area contributed by atoms with Crippen molar-refractivity contribution in [1.82, 2.24) is 0 Å². The molecular weight excluding hydrogens is 284 g/mol. The first kappa shape index (κ1) is 20.5. The van der Waals surface area contributed by atoms with Gasteiger partial charge in [-0.3, -0.25) is 9.59 Å². The second kappa shape index (κ2) is 7.64. The molecule has 5 nitrogen and oxygen atoms in total. The smallest absolute Gasteiger partial charge is 0.325 e. The summed E-state index contributed by atoms with van der Waals surface area (Å²) < 4.78 is 10.7. The number of aliphatic hydroxyl groups excluding tert-OH is 1. The van der Waals surface area contributed by atoms with Crippen molar-refractivity contribution < 1.29 is 24.2 Å². The highest BCUT2D eigenvalue weighted by Gasteiger charge is 2.50. The number of rotatable bonds is 6. The van der Waals surface area contributed by atoms with E-state index in [2.05, 4.69) is 5.92 Å². The molecule has 0 saturated carbocycles. The van der Waals surface area contributed by atoms with E-state index in [4.69, 9.17) is 21.0 Å². The molecule has 0 radical (unpaired) electrons. The van der Waals surface area contributed by atoms with Gasteiger partial charge >= 0.3 is 11.9 Å². The second-order valence-corrected chi connectivity index (χ2v) is 7.29. The molecule has 0 spiro atoms. The summed E-state index contributed by atoms with van der Waals surface area (Å²) >= 11 is 0. The van der Waals surface area contributed by atoms with Crippen molar-refractivity contribution in [3.8, 4) is 12.3 Å². The van der Waals surface area contributed by atoms with Crippen LogP contribution in [0.2, 0.25) is 0 Å². The Bertz CT molecular complexity index is 403. The number of esters is 2. The van der Waals surface area contributed by atoms with Crippen LogP contribution in [-0.4, -0.2) is 34.9 Å². The summed E-state index contributed by atoms with van der Waals surface area (Å²) in [7, 11) is 0. The van der Waals surface area contributed by atoms with Crippen molar-refractivity contribution in [2.24, 2.45) is 5.41 Å². The van der Waals surface area contributed by atoms with Crippen molar-refractivity contribution in [2.45, 2.75) is 72.0 Å². The summed E-state index contributed by atoms with van der Waals surface area (Å²) in [6.07, 6.45) is 5.56. The Balaban J connectivity index is 5.64. The van der Waals surface area contributed by atoms with E-state index in [9.17, 15) is 9.59 Å². The van der Waals surface area contributed by atoms with Gasteiger partial charge in [-0.2, -0.15) is 0 Å². The van der Waals surface area contributed by atoms with Crippen molar-refractivity contribution in [1.29, 1.82) is 0 Å². The van der Waals surface area contributed by atoms with Gasteiger partial charge in [-0.25, -0.2) is 0 Å². The van der Waals surface area contributed by atoms with Crippen LogP contribution >= 0.6 is 0 Å². The van der Waals surface area contributed by atoms with Crippen LogP contribution < -0.4 is 0 Å². The fourth-order valence-corrected chi connectivity index (χ4v) is 1.83. The summed E-state index contributed by atoms with van der Waals surface area (Å²) in [4.78, 5) is 25.2. The lowest BCUT2D eigenvalue weighted by molar-refractivity contribution is -0.185. The van der Waals surface area contributed by atoms with Crippen LogP contribution in [0.25, 0.3) is 0 Å². The Hall–Kier alpha value is -1.54. The van der Waals surface area contributed by atoms with Gasteiger partial charge < -0.3 is 14.6 Å². The van der Waals surface area contributed by atoms with Gasteiger partial charge in [-0.05, 0) is 54.4 Å². The van der Waals surface area contributed by atoms with Crippen molar-refractivity contribution in [3.63, 3.8) is 0 Å². The Morgan fingerprint density at radius 3 is 1.68 bits per heavy atom. The van der Waals surface area contributed by atoms with Gasteiger partial charge in [0, 0.05) is 13.0 Å². The van der Waals surface area contributed by atoms with E-state index >= 15 is 0 Å². The Morgan fingerprint density at radius 1 is 1.00 bits per heavy atom. The molecule has 0 aromatic carbocycles. The highest BCUT2D eigenvalue weighted by molar-refractivity contribution is 6.00. The highest BCUT2D eigenvalue weighted by atomic mass is 16.6. The molecule has 0 amide bonds. The number of hydrogen-bond acceptors (Lipinski definition) is 5. The number of ether oxygens (including phenoxy) is 2. The van der Waals surface area contributed by atoms with Crippen molar-refractivity contribution in [2.75, 3.05) is 6.61 Å². The summed E-state index contributed by atoms with van der Waals surface area (Å²) in [6, 6.07) is 0. The van der Waals surface area contributed by atoms with Crippen LogP contribution in [-0.2, 0) is 19.1 Å². The lowest BCUT2D eigenvalue weighted by Gasteiger charge is -2.33. The molecule has 0 rings (SSSR count). The third-order valence-electron chi connectivity index (χ3n) is 2.74. The van der Waals surface area contributed by atoms with Gasteiger partial charge in [0.05, 0.1) is 0 Å². The Kier molecular flexibility index (Phi) is 7.11. The molecule has 0 bridgehead atoms. The number of carbonyl (C=O) groups excluding carboxylic acids is 2. The molecule has 5 heteroatoms. The molecule has 0 aliphatic heterocycles. The molecule has 126 valence electrons. The van der Waals surface area contributed by atoms with Gasteiger partial charge in [0.25, 0.3) is 0 Å². The maximum Gasteiger partial charge on any atom is 0.325 e. The van der Waals surface area contributed by atoms with Gasteiger partial charge in [0.1, 0.15) is 11.2 Å². The maximum atomic E-state index is 12.6. The van der Waals surface area contributed by atoms with Crippen molar-refractivity contribution in [3.05, 3.63) is 0 Å². The Morgan fingerprint density at radius 2 is 1.41 bits per heavy atom. The molecule has 0 unspecified atom stereocenters. The Labute approximate surface area is 133 Å². The fraction of sp³-hybridized carbons (Fsp3) is 0.765. The van der Waals surface area contributed by atoms with E-state index in [-0.39, 0.29) is 25.9 Å².